The first-order valence-electron chi connectivity index (χ1n) is 8.66. The van der Waals surface area contributed by atoms with Crippen molar-refractivity contribution in [1.82, 2.24) is 5.32 Å². The van der Waals surface area contributed by atoms with Gasteiger partial charge in [-0.05, 0) is 70.7 Å². The van der Waals surface area contributed by atoms with Crippen molar-refractivity contribution in [1.29, 1.82) is 0 Å². The van der Waals surface area contributed by atoms with E-state index in [9.17, 15) is 9.59 Å². The van der Waals surface area contributed by atoms with Gasteiger partial charge >= 0.3 is 12.1 Å². The molecule has 0 atom stereocenters. The molecule has 0 saturated heterocycles. The Morgan fingerprint density at radius 3 is 2.08 bits per heavy atom. The lowest BCUT2D eigenvalue weighted by molar-refractivity contribution is -0.131. The van der Waals surface area contributed by atoms with Gasteiger partial charge in [0.05, 0.1) is 6.10 Å². The molecule has 0 unspecified atom stereocenters. The Morgan fingerprint density at radius 1 is 1.00 bits per heavy atom. The van der Waals surface area contributed by atoms with Crippen LogP contribution in [-0.2, 0) is 9.53 Å². The number of alkyl carbamates (subject to hydrolysis) is 1. The first-order valence-corrected chi connectivity index (χ1v) is 8.66. The lowest BCUT2D eigenvalue weighted by atomic mass is 9.93. The lowest BCUT2D eigenvalue weighted by Crippen LogP contribution is -2.42. The van der Waals surface area contributed by atoms with E-state index in [4.69, 9.17) is 14.2 Å². The molecule has 0 radical (unpaired) electrons. The van der Waals surface area contributed by atoms with Crippen molar-refractivity contribution in [2.24, 2.45) is 0 Å². The summed E-state index contributed by atoms with van der Waals surface area (Å²) in [5, 5.41) is 2.92. The number of amides is 1. The highest BCUT2D eigenvalue weighted by atomic mass is 16.6. The summed E-state index contributed by atoms with van der Waals surface area (Å²) in [6.07, 6.45) is 3.21. The molecule has 6 nitrogen and oxygen atoms in total. The molecule has 138 valence electrons. The molecule has 6 heteroatoms. The van der Waals surface area contributed by atoms with Crippen LogP contribution in [0.5, 0.6) is 11.5 Å². The van der Waals surface area contributed by atoms with Crippen molar-refractivity contribution < 1.29 is 23.8 Å². The van der Waals surface area contributed by atoms with E-state index in [1.807, 2.05) is 20.8 Å². The number of ether oxygens (including phenoxy) is 3. The third kappa shape index (κ3) is 7.03. The number of nitrogens with one attached hydrogen (secondary N) is 1. The number of benzene rings is 1. The largest absolute Gasteiger partial charge is 0.490 e. The number of rotatable bonds is 4. The van der Waals surface area contributed by atoms with Gasteiger partial charge in [-0.15, -0.1) is 0 Å². The summed E-state index contributed by atoms with van der Waals surface area (Å²) in [7, 11) is 0. The van der Waals surface area contributed by atoms with Crippen molar-refractivity contribution in [3.05, 3.63) is 24.3 Å². The van der Waals surface area contributed by atoms with Gasteiger partial charge in [-0.2, -0.15) is 0 Å². The summed E-state index contributed by atoms with van der Waals surface area (Å²) < 4.78 is 16.2. The molecular formula is C19H27NO5. The van der Waals surface area contributed by atoms with Crippen LogP contribution in [0.15, 0.2) is 24.3 Å². The zero-order chi connectivity index (χ0) is 18.4. The van der Waals surface area contributed by atoms with Crippen LogP contribution >= 0.6 is 0 Å². The van der Waals surface area contributed by atoms with Crippen LogP contribution in [-0.4, -0.2) is 29.8 Å². The van der Waals surface area contributed by atoms with Crippen molar-refractivity contribution in [2.45, 2.75) is 71.1 Å². The monoisotopic (exact) mass is 349 g/mol. The molecule has 1 amide bonds. The Morgan fingerprint density at radius 2 is 1.56 bits per heavy atom. The van der Waals surface area contributed by atoms with Crippen LogP contribution in [0, 0.1) is 0 Å². The summed E-state index contributed by atoms with van der Waals surface area (Å²) in [6, 6.07) is 7.15. The predicted octanol–water partition coefficient (Wildman–Crippen LogP) is 3.83. The molecule has 0 bridgehead atoms. The maximum Gasteiger partial charge on any atom is 0.407 e. The van der Waals surface area contributed by atoms with Crippen LogP contribution in [0.2, 0.25) is 0 Å². The maximum atomic E-state index is 11.8. The molecule has 25 heavy (non-hydrogen) atoms. The standard InChI is InChI=1S/C19H27NO5/c1-13(21)23-15-9-11-17(12-10-15)24-16-7-5-14(6-8-16)20-18(22)25-19(2,3)4/h9-12,14,16H,5-8H2,1-4H3,(H,20,22). The Kier molecular flexibility index (Phi) is 6.28. The number of hydrogen-bond donors (Lipinski definition) is 1. The van der Waals surface area contributed by atoms with Crippen LogP contribution < -0.4 is 14.8 Å². The zero-order valence-corrected chi connectivity index (χ0v) is 15.3. The van der Waals surface area contributed by atoms with Gasteiger partial charge in [0, 0.05) is 13.0 Å². The SMILES string of the molecule is CC(=O)Oc1ccc(OC2CCC(NC(=O)OC(C)(C)C)CC2)cc1. The zero-order valence-electron chi connectivity index (χ0n) is 15.3. The van der Waals surface area contributed by atoms with Crippen molar-refractivity contribution in [3.63, 3.8) is 0 Å². The average molecular weight is 349 g/mol. The van der Waals surface area contributed by atoms with Gasteiger partial charge in [0.2, 0.25) is 0 Å². The molecule has 1 aliphatic carbocycles. The molecule has 1 aromatic rings. The molecule has 1 N–H and O–H groups in total. The fraction of sp³-hybridized carbons (Fsp3) is 0.579. The van der Waals surface area contributed by atoms with E-state index in [-0.39, 0.29) is 24.2 Å². The van der Waals surface area contributed by atoms with E-state index < -0.39 is 5.60 Å². The summed E-state index contributed by atoms with van der Waals surface area (Å²) >= 11 is 0. The van der Waals surface area contributed by atoms with E-state index in [1.54, 1.807) is 24.3 Å². The quantitative estimate of drug-likeness (QED) is 0.660. The number of carbonyl (C=O) groups is 2. The van der Waals surface area contributed by atoms with Crippen LogP contribution in [0.1, 0.15) is 53.4 Å². The van der Waals surface area contributed by atoms with Gasteiger partial charge in [-0.3, -0.25) is 4.79 Å². The van der Waals surface area contributed by atoms with Gasteiger partial charge in [-0.1, -0.05) is 0 Å². The molecule has 0 aliphatic heterocycles. The lowest BCUT2D eigenvalue weighted by Gasteiger charge is -2.30. The normalized spacial score (nSPS) is 20.5. The molecule has 1 aliphatic rings. The number of esters is 1. The van der Waals surface area contributed by atoms with Gasteiger partial charge in [-0.25, -0.2) is 4.79 Å². The Hall–Kier alpha value is -2.24. The van der Waals surface area contributed by atoms with Crippen LogP contribution in [0.4, 0.5) is 4.79 Å². The first kappa shape index (κ1) is 19.1. The van der Waals surface area contributed by atoms with Crippen molar-refractivity contribution in [3.8, 4) is 11.5 Å². The minimum Gasteiger partial charge on any atom is -0.490 e. The second-order valence-corrected chi connectivity index (χ2v) is 7.30. The molecule has 2 rings (SSSR count). The smallest absolute Gasteiger partial charge is 0.407 e. The molecular weight excluding hydrogens is 322 g/mol. The van der Waals surface area contributed by atoms with E-state index in [1.165, 1.54) is 6.92 Å². The predicted molar refractivity (Wildman–Crippen MR) is 93.8 cm³/mol. The molecule has 1 saturated carbocycles. The third-order valence-electron chi connectivity index (χ3n) is 3.78. The summed E-state index contributed by atoms with van der Waals surface area (Å²) in [5.41, 5.74) is -0.483. The van der Waals surface area contributed by atoms with Crippen molar-refractivity contribution in [2.75, 3.05) is 0 Å². The van der Waals surface area contributed by atoms with E-state index in [0.29, 0.717) is 5.75 Å². The average Bonchev–Trinajstić information content (AvgIpc) is 2.49. The molecule has 1 aromatic carbocycles. The highest BCUT2D eigenvalue weighted by molar-refractivity contribution is 5.69. The van der Waals surface area contributed by atoms with Gasteiger partial charge in [0.25, 0.3) is 0 Å². The fourth-order valence-electron chi connectivity index (χ4n) is 2.74. The Balaban J connectivity index is 1.75. The second kappa shape index (κ2) is 8.23. The highest BCUT2D eigenvalue weighted by Crippen LogP contribution is 2.25. The summed E-state index contributed by atoms with van der Waals surface area (Å²) in [4.78, 5) is 22.7. The maximum absolute atomic E-state index is 11.8. The number of hydrogen-bond acceptors (Lipinski definition) is 5. The van der Waals surface area contributed by atoms with Crippen LogP contribution in [0.3, 0.4) is 0 Å². The highest BCUT2D eigenvalue weighted by Gasteiger charge is 2.25. The van der Waals surface area contributed by atoms with Crippen LogP contribution in [0.25, 0.3) is 0 Å². The molecule has 0 spiro atoms. The third-order valence-corrected chi connectivity index (χ3v) is 3.78. The number of carbonyl (C=O) groups excluding carboxylic acids is 2. The second-order valence-electron chi connectivity index (χ2n) is 7.30. The molecule has 1 fully saturated rings. The van der Waals surface area contributed by atoms with Crippen molar-refractivity contribution >= 4 is 12.1 Å². The first-order chi connectivity index (χ1) is 11.7. The fourth-order valence-corrected chi connectivity index (χ4v) is 2.74. The minimum atomic E-state index is -0.483. The van der Waals surface area contributed by atoms with Gasteiger partial charge in [0.15, 0.2) is 0 Å². The Labute approximate surface area is 148 Å². The van der Waals surface area contributed by atoms with E-state index in [2.05, 4.69) is 5.32 Å². The van der Waals surface area contributed by atoms with E-state index >= 15 is 0 Å². The topological polar surface area (TPSA) is 73.9 Å². The Bertz CT molecular complexity index is 583. The van der Waals surface area contributed by atoms with E-state index in [0.717, 1.165) is 31.4 Å². The summed E-state index contributed by atoms with van der Waals surface area (Å²) in [6.45, 7) is 6.92. The van der Waals surface area contributed by atoms with Gasteiger partial charge in [0.1, 0.15) is 17.1 Å². The van der Waals surface area contributed by atoms with Gasteiger partial charge < -0.3 is 19.5 Å². The molecule has 0 aromatic heterocycles. The minimum absolute atomic E-state index is 0.122. The molecule has 0 heterocycles. The summed E-state index contributed by atoms with van der Waals surface area (Å²) in [5.74, 6) is 0.911.